The molecule has 1 rings (SSSR count). The Labute approximate surface area is 112 Å². The van der Waals surface area contributed by atoms with Crippen LogP contribution >= 0.6 is 0 Å². The van der Waals surface area contributed by atoms with Gasteiger partial charge >= 0.3 is 0 Å². The number of benzene rings is 1. The van der Waals surface area contributed by atoms with Gasteiger partial charge in [0.2, 0.25) is 10.0 Å². The molecular formula is C13H12N2O3S. The van der Waals surface area contributed by atoms with Crippen molar-refractivity contribution < 1.29 is 13.2 Å². The quantitative estimate of drug-likeness (QED) is 0.741. The van der Waals surface area contributed by atoms with Crippen LogP contribution in [0.3, 0.4) is 0 Å². The normalized spacial score (nSPS) is 10.2. The first-order chi connectivity index (χ1) is 9.01. The van der Waals surface area contributed by atoms with E-state index in [4.69, 9.17) is 12.8 Å². The molecule has 2 N–H and O–H groups in total. The Morgan fingerprint density at radius 1 is 1.21 bits per heavy atom. The zero-order chi connectivity index (χ0) is 14.3. The molecule has 0 aliphatic rings. The molecule has 98 valence electrons. The van der Waals surface area contributed by atoms with Gasteiger partial charge in [0, 0.05) is 5.56 Å². The number of hydrogen-bond donors (Lipinski definition) is 2. The van der Waals surface area contributed by atoms with Crippen LogP contribution in [0, 0.1) is 24.7 Å². The maximum Gasteiger partial charge on any atom is 0.252 e. The smallest absolute Gasteiger partial charge is 0.252 e. The van der Waals surface area contributed by atoms with Crippen LogP contribution in [-0.2, 0) is 10.0 Å². The molecule has 0 saturated carbocycles. The van der Waals surface area contributed by atoms with E-state index in [2.05, 4.69) is 21.9 Å². The second kappa shape index (κ2) is 6.60. The van der Waals surface area contributed by atoms with E-state index in [1.807, 2.05) is 0 Å². The van der Waals surface area contributed by atoms with Crippen LogP contribution in [0.25, 0.3) is 0 Å². The Morgan fingerprint density at radius 2 is 1.89 bits per heavy atom. The third-order valence-corrected chi connectivity index (χ3v) is 3.52. The van der Waals surface area contributed by atoms with Gasteiger partial charge in [-0.25, -0.2) is 8.42 Å². The predicted octanol–water partition coefficient (Wildman–Crippen LogP) is -0.0389. The lowest BCUT2D eigenvalue weighted by Crippen LogP contribution is -2.26. The van der Waals surface area contributed by atoms with Gasteiger partial charge in [-0.15, -0.1) is 12.8 Å². The van der Waals surface area contributed by atoms with Crippen molar-refractivity contribution in [1.29, 1.82) is 0 Å². The van der Waals surface area contributed by atoms with Gasteiger partial charge in [-0.05, 0) is 18.2 Å². The van der Waals surface area contributed by atoms with Crippen LogP contribution in [0.5, 0.6) is 0 Å². The van der Waals surface area contributed by atoms with E-state index >= 15 is 0 Å². The lowest BCUT2D eigenvalue weighted by atomic mass is 10.2. The summed E-state index contributed by atoms with van der Waals surface area (Å²) in [5.41, 5.74) is 0.207. The number of terminal acetylenes is 2. The van der Waals surface area contributed by atoms with Gasteiger partial charge in [0.15, 0.2) is 0 Å². The summed E-state index contributed by atoms with van der Waals surface area (Å²) in [5, 5.41) is 2.45. The standard InChI is InChI=1S/C13H12N2O3S/c1-3-8-14-13(16)11-6-5-7-12(10-11)19(17,18)15-9-4-2/h1-2,5-7,10,15H,8-9H2,(H,14,16). The summed E-state index contributed by atoms with van der Waals surface area (Å²) in [6.45, 7) is -0.0407. The van der Waals surface area contributed by atoms with Crippen molar-refractivity contribution in [2.45, 2.75) is 4.90 Å². The van der Waals surface area contributed by atoms with Crippen molar-refractivity contribution in [2.75, 3.05) is 13.1 Å². The summed E-state index contributed by atoms with van der Waals surface area (Å²) >= 11 is 0. The average Bonchev–Trinajstić information content (AvgIpc) is 2.42. The zero-order valence-electron chi connectivity index (χ0n) is 10.0. The molecule has 0 aromatic heterocycles. The number of carbonyl (C=O) groups is 1. The van der Waals surface area contributed by atoms with Crippen molar-refractivity contribution in [3.8, 4) is 24.7 Å². The van der Waals surface area contributed by atoms with E-state index in [-0.39, 0.29) is 23.5 Å². The average molecular weight is 276 g/mol. The summed E-state index contributed by atoms with van der Waals surface area (Å²) in [7, 11) is -3.71. The summed E-state index contributed by atoms with van der Waals surface area (Å²) in [4.78, 5) is 11.6. The van der Waals surface area contributed by atoms with Crippen LogP contribution in [-0.4, -0.2) is 27.4 Å². The Bertz CT molecular complexity index is 651. The highest BCUT2D eigenvalue weighted by Gasteiger charge is 2.15. The minimum absolute atomic E-state index is 0.0314. The van der Waals surface area contributed by atoms with Crippen molar-refractivity contribution >= 4 is 15.9 Å². The van der Waals surface area contributed by atoms with E-state index in [0.717, 1.165) is 0 Å². The van der Waals surface area contributed by atoms with Crippen molar-refractivity contribution in [3.63, 3.8) is 0 Å². The van der Waals surface area contributed by atoms with Gasteiger partial charge in [-0.3, -0.25) is 4.79 Å². The van der Waals surface area contributed by atoms with Crippen LogP contribution in [0.2, 0.25) is 0 Å². The SMILES string of the molecule is C#CCNC(=O)c1cccc(S(=O)(=O)NCC#C)c1. The molecule has 0 saturated heterocycles. The maximum absolute atomic E-state index is 11.8. The summed E-state index contributed by atoms with van der Waals surface area (Å²) in [6, 6.07) is 5.59. The fourth-order valence-electron chi connectivity index (χ4n) is 1.26. The Kier molecular flexibility index (Phi) is 5.13. The number of hydrogen-bond acceptors (Lipinski definition) is 3. The Morgan fingerprint density at radius 3 is 2.53 bits per heavy atom. The topological polar surface area (TPSA) is 75.3 Å². The third-order valence-electron chi connectivity index (χ3n) is 2.12. The molecule has 0 unspecified atom stereocenters. The van der Waals surface area contributed by atoms with Gasteiger partial charge in [-0.2, -0.15) is 4.72 Å². The maximum atomic E-state index is 11.8. The first-order valence-electron chi connectivity index (χ1n) is 5.26. The van der Waals surface area contributed by atoms with Gasteiger partial charge < -0.3 is 5.32 Å². The van der Waals surface area contributed by atoms with Crippen LogP contribution in [0.4, 0.5) is 0 Å². The molecule has 5 nitrogen and oxygen atoms in total. The summed E-state index contributed by atoms with van der Waals surface area (Å²) < 4.78 is 25.8. The Balaban J connectivity index is 2.98. The van der Waals surface area contributed by atoms with Gasteiger partial charge in [0.1, 0.15) is 0 Å². The number of nitrogens with one attached hydrogen (secondary N) is 2. The second-order valence-corrected chi connectivity index (χ2v) is 5.21. The second-order valence-electron chi connectivity index (χ2n) is 3.44. The highest BCUT2D eigenvalue weighted by atomic mass is 32.2. The van der Waals surface area contributed by atoms with Gasteiger partial charge in [0.05, 0.1) is 18.0 Å². The molecule has 0 aliphatic carbocycles. The largest absolute Gasteiger partial charge is 0.341 e. The molecule has 1 amide bonds. The third kappa shape index (κ3) is 4.14. The highest BCUT2D eigenvalue weighted by Crippen LogP contribution is 2.11. The van der Waals surface area contributed by atoms with Crippen molar-refractivity contribution in [3.05, 3.63) is 29.8 Å². The van der Waals surface area contributed by atoms with Crippen LogP contribution in [0.15, 0.2) is 29.2 Å². The van der Waals surface area contributed by atoms with E-state index < -0.39 is 15.9 Å². The summed E-state index contributed by atoms with van der Waals surface area (Å²) in [6.07, 6.45) is 10.0. The fraction of sp³-hybridized carbons (Fsp3) is 0.154. The number of sulfonamides is 1. The lowest BCUT2D eigenvalue weighted by Gasteiger charge is -2.06. The lowest BCUT2D eigenvalue weighted by molar-refractivity contribution is 0.0958. The van der Waals surface area contributed by atoms with E-state index in [1.165, 1.54) is 24.3 Å². The molecule has 0 radical (unpaired) electrons. The van der Waals surface area contributed by atoms with E-state index in [1.54, 1.807) is 0 Å². The van der Waals surface area contributed by atoms with Crippen molar-refractivity contribution in [1.82, 2.24) is 10.0 Å². The minimum Gasteiger partial charge on any atom is -0.341 e. The zero-order valence-corrected chi connectivity index (χ0v) is 10.8. The molecule has 0 spiro atoms. The van der Waals surface area contributed by atoms with Gasteiger partial charge in [0.25, 0.3) is 5.91 Å². The fourth-order valence-corrected chi connectivity index (χ4v) is 2.24. The molecule has 0 heterocycles. The molecule has 0 atom stereocenters. The highest BCUT2D eigenvalue weighted by molar-refractivity contribution is 7.89. The number of rotatable bonds is 5. The molecule has 1 aromatic carbocycles. The van der Waals surface area contributed by atoms with Crippen molar-refractivity contribution in [2.24, 2.45) is 0 Å². The van der Waals surface area contributed by atoms with Gasteiger partial charge in [-0.1, -0.05) is 17.9 Å². The first kappa shape index (κ1) is 14.8. The molecule has 0 fully saturated rings. The van der Waals surface area contributed by atoms with E-state index in [9.17, 15) is 13.2 Å². The molecular weight excluding hydrogens is 264 g/mol. The molecule has 0 aliphatic heterocycles. The Hall–Kier alpha value is -2.28. The predicted molar refractivity (Wildman–Crippen MR) is 71.6 cm³/mol. The number of carbonyl (C=O) groups excluding carboxylic acids is 1. The molecule has 6 heteroatoms. The minimum atomic E-state index is -3.71. The van der Waals surface area contributed by atoms with Crippen LogP contribution < -0.4 is 10.0 Å². The van der Waals surface area contributed by atoms with Crippen LogP contribution in [0.1, 0.15) is 10.4 Å². The first-order valence-corrected chi connectivity index (χ1v) is 6.74. The van der Waals surface area contributed by atoms with E-state index in [0.29, 0.717) is 0 Å². The molecule has 19 heavy (non-hydrogen) atoms. The summed E-state index contributed by atoms with van der Waals surface area (Å²) in [5.74, 6) is 3.99. The molecule has 1 aromatic rings. The molecule has 0 bridgehead atoms. The monoisotopic (exact) mass is 276 g/mol. The number of amides is 1.